The van der Waals surface area contributed by atoms with Crippen molar-refractivity contribution in [2.24, 2.45) is 0 Å². The Morgan fingerprint density at radius 1 is 1.12 bits per heavy atom. The second-order valence-corrected chi connectivity index (χ2v) is 5.65. The molecule has 0 aliphatic heterocycles. The van der Waals surface area contributed by atoms with Crippen molar-refractivity contribution in [1.29, 1.82) is 0 Å². The number of carbonyl (C=O) groups is 1. The van der Waals surface area contributed by atoms with E-state index in [0.29, 0.717) is 5.82 Å². The maximum absolute atomic E-state index is 11.9. The number of nitrogens with zero attached hydrogens (tertiary/aromatic N) is 1. The van der Waals surface area contributed by atoms with Gasteiger partial charge in [0.2, 0.25) is 0 Å². The van der Waals surface area contributed by atoms with Gasteiger partial charge in [-0.1, -0.05) is 12.1 Å². The molecule has 0 unspecified atom stereocenters. The third-order valence-electron chi connectivity index (χ3n) is 3.28. The Hall–Kier alpha value is -3.28. The minimum absolute atomic E-state index is 0.0836. The highest BCUT2D eigenvalue weighted by Crippen LogP contribution is 2.28. The molecule has 3 aromatic rings. The van der Waals surface area contributed by atoms with Crippen molar-refractivity contribution in [3.8, 4) is 5.75 Å². The molecule has 2 aromatic heterocycles. The van der Waals surface area contributed by atoms with E-state index < -0.39 is 0 Å². The molecule has 0 atom stereocenters. The topological polar surface area (TPSA) is 76.4 Å². The van der Waals surface area contributed by atoms with E-state index in [1.807, 2.05) is 44.2 Å². The van der Waals surface area contributed by atoms with Gasteiger partial charge in [-0.25, -0.2) is 4.98 Å². The third kappa shape index (κ3) is 4.38. The molecule has 3 rings (SSSR count). The van der Waals surface area contributed by atoms with E-state index in [4.69, 9.17) is 9.15 Å². The summed E-state index contributed by atoms with van der Waals surface area (Å²) in [6, 6.07) is 14.5. The van der Waals surface area contributed by atoms with Crippen molar-refractivity contribution in [3.63, 3.8) is 0 Å². The molecule has 0 spiro atoms. The lowest BCUT2D eigenvalue weighted by Crippen LogP contribution is -2.12. The summed E-state index contributed by atoms with van der Waals surface area (Å²) in [5.74, 6) is 1.11. The summed E-state index contributed by atoms with van der Waals surface area (Å²) in [6.07, 6.45) is 3.18. The number of benzene rings is 1. The number of hydrogen-bond acceptors (Lipinski definition) is 5. The highest BCUT2D eigenvalue weighted by Gasteiger charge is 2.10. The lowest BCUT2D eigenvalue weighted by Gasteiger charge is -2.15. The minimum Gasteiger partial charge on any atom is -0.489 e. The predicted octanol–water partition coefficient (Wildman–Crippen LogP) is 4.46. The second-order valence-electron chi connectivity index (χ2n) is 5.65. The van der Waals surface area contributed by atoms with Gasteiger partial charge >= 0.3 is 0 Å². The number of aromatic nitrogens is 1. The molecular formula is C19H19N3O3. The molecule has 0 aliphatic rings. The number of para-hydroxylation sites is 2. The summed E-state index contributed by atoms with van der Waals surface area (Å²) in [4.78, 5) is 16.2. The predicted molar refractivity (Wildman–Crippen MR) is 96.4 cm³/mol. The van der Waals surface area contributed by atoms with Crippen molar-refractivity contribution in [1.82, 2.24) is 4.98 Å². The summed E-state index contributed by atoms with van der Waals surface area (Å²) < 4.78 is 10.8. The molecule has 25 heavy (non-hydrogen) atoms. The highest BCUT2D eigenvalue weighted by atomic mass is 16.5. The summed E-state index contributed by atoms with van der Waals surface area (Å²) in [5, 5.41) is 5.94. The summed E-state index contributed by atoms with van der Waals surface area (Å²) in [7, 11) is 0. The number of furan rings is 1. The molecule has 0 radical (unpaired) electrons. The average Bonchev–Trinajstić information content (AvgIpc) is 3.13. The number of ether oxygens (including phenoxy) is 1. The van der Waals surface area contributed by atoms with Crippen molar-refractivity contribution in [3.05, 3.63) is 66.8 Å². The summed E-state index contributed by atoms with van der Waals surface area (Å²) in [5.41, 5.74) is 1.64. The number of amides is 1. The lowest BCUT2D eigenvalue weighted by atomic mass is 10.2. The first-order valence-electron chi connectivity index (χ1n) is 7.95. The van der Waals surface area contributed by atoms with Crippen LogP contribution in [0.2, 0.25) is 0 Å². The van der Waals surface area contributed by atoms with Crippen LogP contribution < -0.4 is 15.4 Å². The molecule has 0 fully saturated rings. The van der Waals surface area contributed by atoms with Gasteiger partial charge in [0.25, 0.3) is 5.91 Å². The van der Waals surface area contributed by atoms with E-state index in [1.165, 1.54) is 6.26 Å². The zero-order valence-electron chi connectivity index (χ0n) is 14.0. The fourth-order valence-corrected chi connectivity index (χ4v) is 2.21. The normalized spacial score (nSPS) is 10.5. The standard InChI is InChI=1S/C19H19N3O3/c1-13(2)25-16-7-4-3-6-15(16)21-14-9-10-18(20-12-14)22-19(23)17-8-5-11-24-17/h3-13,21H,1-2H3,(H,20,22,23). The third-order valence-corrected chi connectivity index (χ3v) is 3.28. The van der Waals surface area contributed by atoms with Crippen LogP contribution in [0, 0.1) is 0 Å². The molecule has 0 saturated carbocycles. The molecule has 128 valence electrons. The monoisotopic (exact) mass is 337 g/mol. The molecule has 0 saturated heterocycles. The van der Waals surface area contributed by atoms with Crippen LogP contribution in [0.25, 0.3) is 0 Å². The van der Waals surface area contributed by atoms with E-state index in [-0.39, 0.29) is 17.8 Å². The Kier molecular flexibility index (Phi) is 4.99. The fourth-order valence-electron chi connectivity index (χ4n) is 2.21. The van der Waals surface area contributed by atoms with Crippen molar-refractivity contribution in [2.75, 3.05) is 10.6 Å². The largest absolute Gasteiger partial charge is 0.489 e. The molecule has 0 aliphatic carbocycles. The quantitative estimate of drug-likeness (QED) is 0.694. The second kappa shape index (κ2) is 7.53. The van der Waals surface area contributed by atoms with Crippen LogP contribution in [0.15, 0.2) is 65.4 Å². The molecule has 1 amide bonds. The van der Waals surface area contributed by atoms with Gasteiger partial charge in [0, 0.05) is 0 Å². The number of rotatable bonds is 6. The van der Waals surface area contributed by atoms with Gasteiger partial charge in [-0.2, -0.15) is 0 Å². The summed E-state index contributed by atoms with van der Waals surface area (Å²) in [6.45, 7) is 3.96. The van der Waals surface area contributed by atoms with Crippen LogP contribution in [0.4, 0.5) is 17.2 Å². The van der Waals surface area contributed by atoms with Crippen molar-refractivity contribution < 1.29 is 13.9 Å². The van der Waals surface area contributed by atoms with Crippen molar-refractivity contribution in [2.45, 2.75) is 20.0 Å². The molecule has 2 N–H and O–H groups in total. The van der Waals surface area contributed by atoms with Gasteiger partial charge in [0.05, 0.1) is 29.9 Å². The first kappa shape index (κ1) is 16.6. The SMILES string of the molecule is CC(C)Oc1ccccc1Nc1ccc(NC(=O)c2ccco2)nc1. The smallest absolute Gasteiger partial charge is 0.292 e. The maximum atomic E-state index is 11.9. The maximum Gasteiger partial charge on any atom is 0.292 e. The van der Waals surface area contributed by atoms with E-state index >= 15 is 0 Å². The Bertz CT molecular complexity index is 827. The molecule has 6 nitrogen and oxygen atoms in total. The highest BCUT2D eigenvalue weighted by molar-refractivity contribution is 6.01. The van der Waals surface area contributed by atoms with Crippen LogP contribution in [-0.4, -0.2) is 17.0 Å². The number of carbonyl (C=O) groups excluding carboxylic acids is 1. The minimum atomic E-state index is -0.339. The van der Waals surface area contributed by atoms with Crippen LogP contribution >= 0.6 is 0 Å². The Labute approximate surface area is 145 Å². The van der Waals surface area contributed by atoms with Crippen molar-refractivity contribution >= 4 is 23.1 Å². The van der Waals surface area contributed by atoms with Crippen LogP contribution in [0.1, 0.15) is 24.4 Å². The van der Waals surface area contributed by atoms with Crippen LogP contribution in [0.3, 0.4) is 0 Å². The van der Waals surface area contributed by atoms with Gasteiger partial charge in [0.15, 0.2) is 5.76 Å². The van der Waals surface area contributed by atoms with Gasteiger partial charge in [0.1, 0.15) is 11.6 Å². The van der Waals surface area contributed by atoms with Gasteiger partial charge in [-0.15, -0.1) is 0 Å². The number of pyridine rings is 1. The lowest BCUT2D eigenvalue weighted by molar-refractivity contribution is 0.0996. The molecule has 1 aromatic carbocycles. The Morgan fingerprint density at radius 2 is 1.96 bits per heavy atom. The first-order valence-corrected chi connectivity index (χ1v) is 7.95. The van der Waals surface area contributed by atoms with E-state index in [0.717, 1.165) is 17.1 Å². The molecule has 6 heteroatoms. The van der Waals surface area contributed by atoms with Gasteiger partial charge < -0.3 is 19.8 Å². The zero-order valence-corrected chi connectivity index (χ0v) is 14.0. The van der Waals surface area contributed by atoms with Gasteiger partial charge in [-0.05, 0) is 50.2 Å². The zero-order chi connectivity index (χ0) is 17.6. The van der Waals surface area contributed by atoms with E-state index in [2.05, 4.69) is 15.6 Å². The number of anilines is 3. The number of hydrogen-bond donors (Lipinski definition) is 2. The average molecular weight is 337 g/mol. The summed E-state index contributed by atoms with van der Waals surface area (Å²) >= 11 is 0. The fraction of sp³-hybridized carbons (Fsp3) is 0.158. The van der Waals surface area contributed by atoms with Gasteiger partial charge in [-0.3, -0.25) is 4.79 Å². The number of nitrogens with one attached hydrogen (secondary N) is 2. The van der Waals surface area contributed by atoms with E-state index in [9.17, 15) is 4.79 Å². The van der Waals surface area contributed by atoms with E-state index in [1.54, 1.807) is 24.4 Å². The Balaban J connectivity index is 1.68. The molecular weight excluding hydrogens is 318 g/mol. The first-order chi connectivity index (χ1) is 12.1. The molecule has 2 heterocycles. The molecule has 0 bridgehead atoms. The van der Waals surface area contributed by atoms with Crippen LogP contribution in [0.5, 0.6) is 5.75 Å². The Morgan fingerprint density at radius 3 is 2.64 bits per heavy atom. The van der Waals surface area contributed by atoms with Crippen LogP contribution in [-0.2, 0) is 0 Å².